The normalized spacial score (nSPS) is 18.0. The van der Waals surface area contributed by atoms with Crippen molar-refractivity contribution in [3.8, 4) is 0 Å². The molecule has 3 rings (SSSR count). The largest absolute Gasteiger partial charge is 0.416 e. The maximum absolute atomic E-state index is 13.4. The third kappa shape index (κ3) is 4.29. The van der Waals surface area contributed by atoms with Crippen LogP contribution in [0.3, 0.4) is 0 Å². The third-order valence-corrected chi connectivity index (χ3v) is 5.38. The van der Waals surface area contributed by atoms with Gasteiger partial charge in [-0.1, -0.05) is 17.7 Å². The van der Waals surface area contributed by atoms with Crippen LogP contribution < -0.4 is 0 Å². The minimum Gasteiger partial charge on any atom is -0.342 e. The Morgan fingerprint density at radius 3 is 2.74 bits per heavy atom. The summed E-state index contributed by atoms with van der Waals surface area (Å²) in [5.74, 6) is -0.446. The summed E-state index contributed by atoms with van der Waals surface area (Å²) in [7, 11) is 0. The predicted molar refractivity (Wildman–Crippen MR) is 96.8 cm³/mol. The molecule has 0 radical (unpaired) electrons. The number of piperidine rings is 1. The Morgan fingerprint density at radius 1 is 1.37 bits per heavy atom. The number of aryl methyl sites for hydroxylation is 2. The van der Waals surface area contributed by atoms with Gasteiger partial charge >= 0.3 is 6.18 Å². The van der Waals surface area contributed by atoms with Gasteiger partial charge in [-0.3, -0.25) is 9.89 Å². The van der Waals surface area contributed by atoms with E-state index in [0.717, 1.165) is 23.0 Å². The van der Waals surface area contributed by atoms with Crippen molar-refractivity contribution in [1.29, 1.82) is 0 Å². The molecule has 1 aliphatic rings. The molecule has 8 heteroatoms. The molecule has 1 aromatic carbocycles. The average molecular weight is 400 g/mol. The van der Waals surface area contributed by atoms with Gasteiger partial charge in [0.2, 0.25) is 5.91 Å². The summed E-state index contributed by atoms with van der Waals surface area (Å²) in [6.07, 6.45) is -3.00. The van der Waals surface area contributed by atoms with E-state index in [1.165, 1.54) is 12.1 Å². The number of hydrogen-bond donors (Lipinski definition) is 1. The zero-order chi connectivity index (χ0) is 19.8. The highest BCUT2D eigenvalue weighted by molar-refractivity contribution is 6.30. The van der Waals surface area contributed by atoms with Gasteiger partial charge in [0.1, 0.15) is 0 Å². The number of amides is 1. The van der Waals surface area contributed by atoms with Crippen LogP contribution in [0, 0.1) is 13.8 Å². The van der Waals surface area contributed by atoms with Gasteiger partial charge in [0, 0.05) is 35.3 Å². The highest BCUT2D eigenvalue weighted by Crippen LogP contribution is 2.39. The Bertz CT molecular complexity index is 828. The van der Waals surface area contributed by atoms with E-state index >= 15 is 0 Å². The SMILES string of the molecule is Cc1n[nH]c(C)c1CC(=O)N1CCCC(c2ccc(Cl)cc2C(F)(F)F)C1. The number of carbonyl (C=O) groups excluding carboxylic acids is 1. The van der Waals surface area contributed by atoms with Crippen molar-refractivity contribution in [3.05, 3.63) is 51.3 Å². The monoisotopic (exact) mass is 399 g/mol. The number of hydrogen-bond acceptors (Lipinski definition) is 2. The molecule has 1 aromatic heterocycles. The summed E-state index contributed by atoms with van der Waals surface area (Å²) >= 11 is 5.78. The van der Waals surface area contributed by atoms with E-state index in [0.29, 0.717) is 19.4 Å². The van der Waals surface area contributed by atoms with Crippen LogP contribution in [-0.4, -0.2) is 34.1 Å². The number of aromatic amines is 1. The molecule has 1 saturated heterocycles. The molecule has 1 amide bonds. The molecule has 0 aliphatic carbocycles. The summed E-state index contributed by atoms with van der Waals surface area (Å²) in [6, 6.07) is 3.88. The first-order valence-corrected chi connectivity index (χ1v) is 9.19. The standard InChI is InChI=1S/C19H21ClF3N3O/c1-11-16(12(2)25-24-11)9-18(27)26-7-3-4-13(10-26)15-6-5-14(20)8-17(15)19(21,22)23/h5-6,8,13H,3-4,7,9-10H2,1-2H3,(H,24,25). The van der Waals surface area contributed by atoms with Crippen molar-refractivity contribution in [2.24, 2.45) is 0 Å². The van der Waals surface area contributed by atoms with Gasteiger partial charge < -0.3 is 4.90 Å². The van der Waals surface area contributed by atoms with Crippen molar-refractivity contribution in [2.45, 2.75) is 45.2 Å². The number of likely N-dealkylation sites (tertiary alicyclic amines) is 1. The Labute approximate surface area is 160 Å². The van der Waals surface area contributed by atoms with E-state index in [2.05, 4.69) is 10.2 Å². The van der Waals surface area contributed by atoms with E-state index in [1.54, 1.807) is 4.90 Å². The molecule has 27 heavy (non-hydrogen) atoms. The number of rotatable bonds is 3. The molecule has 0 bridgehead atoms. The third-order valence-electron chi connectivity index (χ3n) is 5.14. The number of H-pyrrole nitrogens is 1. The van der Waals surface area contributed by atoms with Crippen LogP contribution in [0.2, 0.25) is 5.02 Å². The lowest BCUT2D eigenvalue weighted by Crippen LogP contribution is -2.40. The highest BCUT2D eigenvalue weighted by Gasteiger charge is 2.37. The van der Waals surface area contributed by atoms with Crippen LogP contribution in [0.15, 0.2) is 18.2 Å². The summed E-state index contributed by atoms with van der Waals surface area (Å²) in [5, 5.41) is 7.00. The molecular weight excluding hydrogens is 379 g/mol. The molecule has 1 fully saturated rings. The Balaban J connectivity index is 1.80. The fourth-order valence-corrected chi connectivity index (χ4v) is 3.86. The summed E-state index contributed by atoms with van der Waals surface area (Å²) in [6.45, 7) is 4.51. The fourth-order valence-electron chi connectivity index (χ4n) is 3.69. The van der Waals surface area contributed by atoms with Crippen molar-refractivity contribution in [2.75, 3.05) is 13.1 Å². The topological polar surface area (TPSA) is 49.0 Å². The number of halogens is 4. The molecule has 1 N–H and O–H groups in total. The average Bonchev–Trinajstić information content (AvgIpc) is 2.93. The maximum Gasteiger partial charge on any atom is 0.416 e. The van der Waals surface area contributed by atoms with E-state index in [4.69, 9.17) is 11.6 Å². The fraction of sp³-hybridized carbons (Fsp3) is 0.474. The zero-order valence-electron chi connectivity index (χ0n) is 15.2. The van der Waals surface area contributed by atoms with Gasteiger partial charge in [0.05, 0.1) is 17.7 Å². The van der Waals surface area contributed by atoms with E-state index in [-0.39, 0.29) is 35.4 Å². The van der Waals surface area contributed by atoms with Crippen molar-refractivity contribution < 1.29 is 18.0 Å². The van der Waals surface area contributed by atoms with Gasteiger partial charge in [-0.15, -0.1) is 0 Å². The second-order valence-corrected chi connectivity index (χ2v) is 7.43. The maximum atomic E-state index is 13.4. The number of nitrogens with zero attached hydrogens (tertiary/aromatic N) is 2. The minimum atomic E-state index is -4.47. The molecule has 1 unspecified atom stereocenters. The lowest BCUT2D eigenvalue weighted by Gasteiger charge is -2.34. The first-order valence-electron chi connectivity index (χ1n) is 8.81. The molecule has 2 aromatic rings. The smallest absolute Gasteiger partial charge is 0.342 e. The van der Waals surface area contributed by atoms with Crippen molar-refractivity contribution in [1.82, 2.24) is 15.1 Å². The first-order chi connectivity index (χ1) is 12.7. The Kier molecular flexibility index (Phi) is 5.51. The van der Waals surface area contributed by atoms with Gasteiger partial charge in [-0.25, -0.2) is 0 Å². The van der Waals surface area contributed by atoms with Crippen LogP contribution in [0.25, 0.3) is 0 Å². The van der Waals surface area contributed by atoms with Gasteiger partial charge in [0.25, 0.3) is 0 Å². The second-order valence-electron chi connectivity index (χ2n) is 7.00. The molecule has 1 aliphatic heterocycles. The van der Waals surface area contributed by atoms with Gasteiger partial charge in [-0.05, 0) is 44.4 Å². The van der Waals surface area contributed by atoms with Crippen LogP contribution in [0.5, 0.6) is 0 Å². The summed E-state index contributed by atoms with van der Waals surface area (Å²) in [4.78, 5) is 14.4. The summed E-state index contributed by atoms with van der Waals surface area (Å²) in [5.41, 5.74) is 1.96. The molecule has 0 spiro atoms. The number of alkyl halides is 3. The molecule has 146 valence electrons. The van der Waals surface area contributed by atoms with Gasteiger partial charge in [0.15, 0.2) is 0 Å². The number of benzene rings is 1. The molecule has 4 nitrogen and oxygen atoms in total. The Morgan fingerprint density at radius 2 is 2.11 bits per heavy atom. The van der Waals surface area contributed by atoms with E-state index in [1.807, 2.05) is 13.8 Å². The molecule has 1 atom stereocenters. The minimum absolute atomic E-state index is 0.0562. The van der Waals surface area contributed by atoms with Crippen LogP contribution in [0.4, 0.5) is 13.2 Å². The lowest BCUT2D eigenvalue weighted by molar-refractivity contribution is -0.138. The van der Waals surface area contributed by atoms with Crippen LogP contribution in [-0.2, 0) is 17.4 Å². The molecule has 0 saturated carbocycles. The second kappa shape index (κ2) is 7.54. The van der Waals surface area contributed by atoms with Crippen LogP contribution >= 0.6 is 11.6 Å². The predicted octanol–water partition coefficient (Wildman–Crippen LogP) is 4.65. The Hall–Kier alpha value is -2.02. The highest BCUT2D eigenvalue weighted by atomic mass is 35.5. The zero-order valence-corrected chi connectivity index (χ0v) is 15.9. The summed E-state index contributed by atoms with van der Waals surface area (Å²) < 4.78 is 40.3. The number of aromatic nitrogens is 2. The number of carbonyl (C=O) groups is 1. The van der Waals surface area contributed by atoms with Crippen molar-refractivity contribution in [3.63, 3.8) is 0 Å². The lowest BCUT2D eigenvalue weighted by atomic mass is 9.87. The molecular formula is C19H21ClF3N3O. The van der Waals surface area contributed by atoms with Crippen molar-refractivity contribution >= 4 is 17.5 Å². The quantitative estimate of drug-likeness (QED) is 0.816. The van der Waals surface area contributed by atoms with Gasteiger partial charge in [-0.2, -0.15) is 18.3 Å². The number of nitrogens with one attached hydrogen (secondary N) is 1. The molecule has 2 heterocycles. The van der Waals surface area contributed by atoms with Crippen LogP contribution in [0.1, 0.15) is 46.8 Å². The van der Waals surface area contributed by atoms with E-state index in [9.17, 15) is 18.0 Å². The first kappa shape index (κ1) is 19.7. The van der Waals surface area contributed by atoms with E-state index < -0.39 is 11.7 Å².